The lowest BCUT2D eigenvalue weighted by Gasteiger charge is -2.36. The summed E-state index contributed by atoms with van der Waals surface area (Å²) < 4.78 is 41.1. The summed E-state index contributed by atoms with van der Waals surface area (Å²) >= 11 is 0. The van der Waals surface area contributed by atoms with E-state index >= 15 is 0 Å². The standard InChI is InChI=1S/C23H29N3O6S/c1-17(32-20-7-5-19(6-8-20)24(2)33(3,28)29)23(27)26-12-10-25(11-13-26)15-18-4-9-21-22(14-18)31-16-30-21/h4-9,14,17H,10-13,15-16H2,1-3H3. The van der Waals surface area contributed by atoms with E-state index in [9.17, 15) is 13.2 Å². The molecule has 9 nitrogen and oxygen atoms in total. The van der Waals surface area contributed by atoms with Crippen LogP contribution in [-0.4, -0.2) is 76.5 Å². The van der Waals surface area contributed by atoms with Crippen molar-refractivity contribution >= 4 is 21.6 Å². The zero-order valence-corrected chi connectivity index (χ0v) is 19.9. The van der Waals surface area contributed by atoms with Gasteiger partial charge in [0.15, 0.2) is 17.6 Å². The van der Waals surface area contributed by atoms with Crippen LogP contribution in [0.2, 0.25) is 0 Å². The molecule has 1 amide bonds. The number of carbonyl (C=O) groups excluding carboxylic acids is 1. The number of hydrogen-bond acceptors (Lipinski definition) is 7. The number of carbonyl (C=O) groups is 1. The maximum atomic E-state index is 12.9. The quantitative estimate of drug-likeness (QED) is 0.605. The number of anilines is 1. The second-order valence-electron chi connectivity index (χ2n) is 8.27. The molecule has 0 aliphatic carbocycles. The number of fused-ring (bicyclic) bond motifs is 1. The van der Waals surface area contributed by atoms with Gasteiger partial charge in [-0.1, -0.05) is 6.07 Å². The third kappa shape index (κ3) is 5.51. The molecule has 1 atom stereocenters. The summed E-state index contributed by atoms with van der Waals surface area (Å²) in [6, 6.07) is 12.6. The first-order valence-electron chi connectivity index (χ1n) is 10.8. The predicted molar refractivity (Wildman–Crippen MR) is 124 cm³/mol. The van der Waals surface area contributed by atoms with E-state index in [0.29, 0.717) is 24.5 Å². The minimum Gasteiger partial charge on any atom is -0.481 e. The molecule has 0 N–H and O–H groups in total. The molecule has 1 unspecified atom stereocenters. The van der Waals surface area contributed by atoms with Gasteiger partial charge in [-0.05, 0) is 48.9 Å². The maximum Gasteiger partial charge on any atom is 0.263 e. The molecule has 0 spiro atoms. The smallest absolute Gasteiger partial charge is 0.263 e. The van der Waals surface area contributed by atoms with E-state index in [0.717, 1.165) is 43.0 Å². The third-order valence-electron chi connectivity index (χ3n) is 5.89. The second-order valence-corrected chi connectivity index (χ2v) is 10.3. The Hall–Kier alpha value is -2.98. The monoisotopic (exact) mass is 475 g/mol. The van der Waals surface area contributed by atoms with Gasteiger partial charge >= 0.3 is 0 Å². The third-order valence-corrected chi connectivity index (χ3v) is 7.09. The molecule has 1 saturated heterocycles. The van der Waals surface area contributed by atoms with Crippen LogP contribution < -0.4 is 18.5 Å². The maximum absolute atomic E-state index is 12.9. The highest BCUT2D eigenvalue weighted by molar-refractivity contribution is 7.92. The molecule has 2 heterocycles. The number of hydrogen-bond donors (Lipinski definition) is 0. The number of benzene rings is 2. The molecule has 10 heteroatoms. The summed E-state index contributed by atoms with van der Waals surface area (Å²) in [6.45, 7) is 5.61. The van der Waals surface area contributed by atoms with Crippen molar-refractivity contribution in [1.29, 1.82) is 0 Å². The molecule has 2 aromatic carbocycles. The molecule has 0 radical (unpaired) electrons. The summed E-state index contributed by atoms with van der Waals surface area (Å²) in [5.41, 5.74) is 1.68. The number of piperazine rings is 1. The first-order chi connectivity index (χ1) is 15.7. The van der Waals surface area contributed by atoms with Gasteiger partial charge in [-0.2, -0.15) is 0 Å². The van der Waals surface area contributed by atoms with Gasteiger partial charge in [0.1, 0.15) is 5.75 Å². The highest BCUT2D eigenvalue weighted by Crippen LogP contribution is 2.33. The highest BCUT2D eigenvalue weighted by atomic mass is 32.2. The Morgan fingerprint density at radius 3 is 2.39 bits per heavy atom. The fraction of sp³-hybridized carbons (Fsp3) is 0.435. The van der Waals surface area contributed by atoms with Crippen molar-refractivity contribution in [2.45, 2.75) is 19.6 Å². The van der Waals surface area contributed by atoms with Crippen molar-refractivity contribution in [3.05, 3.63) is 48.0 Å². The molecule has 4 rings (SSSR count). The minimum atomic E-state index is -3.33. The normalized spacial score (nSPS) is 17.0. The average Bonchev–Trinajstić information content (AvgIpc) is 3.26. The largest absolute Gasteiger partial charge is 0.481 e. The lowest BCUT2D eigenvalue weighted by molar-refractivity contribution is -0.139. The van der Waals surface area contributed by atoms with Gasteiger partial charge < -0.3 is 19.1 Å². The van der Waals surface area contributed by atoms with Crippen LogP contribution in [0.5, 0.6) is 17.2 Å². The highest BCUT2D eigenvalue weighted by Gasteiger charge is 2.26. The average molecular weight is 476 g/mol. The van der Waals surface area contributed by atoms with Crippen molar-refractivity contribution in [2.24, 2.45) is 0 Å². The fourth-order valence-corrected chi connectivity index (χ4v) is 4.37. The van der Waals surface area contributed by atoms with Crippen molar-refractivity contribution in [3.63, 3.8) is 0 Å². The summed E-state index contributed by atoms with van der Waals surface area (Å²) in [6.07, 6.45) is 0.511. The summed E-state index contributed by atoms with van der Waals surface area (Å²) in [5.74, 6) is 2.02. The van der Waals surface area contributed by atoms with Crippen molar-refractivity contribution < 1.29 is 27.4 Å². The van der Waals surface area contributed by atoms with E-state index in [1.54, 1.807) is 31.2 Å². The number of sulfonamides is 1. The van der Waals surface area contributed by atoms with Crippen LogP contribution in [0.3, 0.4) is 0 Å². The van der Waals surface area contributed by atoms with Crippen LogP contribution in [-0.2, 0) is 21.4 Å². The Bertz CT molecular complexity index is 1100. The van der Waals surface area contributed by atoms with Crippen LogP contribution in [0.25, 0.3) is 0 Å². The Balaban J connectivity index is 1.27. The molecule has 2 aliphatic heterocycles. The fourth-order valence-electron chi connectivity index (χ4n) is 3.86. The van der Waals surface area contributed by atoms with Crippen molar-refractivity contribution in [3.8, 4) is 17.2 Å². The number of amides is 1. The van der Waals surface area contributed by atoms with Gasteiger partial charge in [0, 0.05) is 39.8 Å². The second kappa shape index (κ2) is 9.48. The van der Waals surface area contributed by atoms with Crippen LogP contribution in [0, 0.1) is 0 Å². The topological polar surface area (TPSA) is 88.6 Å². The predicted octanol–water partition coefficient (Wildman–Crippen LogP) is 1.92. The Morgan fingerprint density at radius 2 is 1.73 bits per heavy atom. The van der Waals surface area contributed by atoms with Crippen molar-refractivity contribution in [2.75, 3.05) is 50.6 Å². The molecule has 0 saturated carbocycles. The molecule has 178 valence electrons. The Morgan fingerprint density at radius 1 is 1.06 bits per heavy atom. The minimum absolute atomic E-state index is 0.0601. The molecular weight excluding hydrogens is 446 g/mol. The van der Waals surface area contributed by atoms with Crippen LogP contribution in [0.1, 0.15) is 12.5 Å². The summed E-state index contributed by atoms with van der Waals surface area (Å²) in [5, 5.41) is 0. The van der Waals surface area contributed by atoms with Crippen molar-refractivity contribution in [1.82, 2.24) is 9.80 Å². The van der Waals surface area contributed by atoms with Gasteiger partial charge in [-0.3, -0.25) is 14.0 Å². The molecule has 0 bridgehead atoms. The molecule has 33 heavy (non-hydrogen) atoms. The molecule has 1 fully saturated rings. The lowest BCUT2D eigenvalue weighted by atomic mass is 10.1. The molecular formula is C23H29N3O6S. The van der Waals surface area contributed by atoms with E-state index in [1.807, 2.05) is 23.1 Å². The zero-order valence-electron chi connectivity index (χ0n) is 19.1. The lowest BCUT2D eigenvalue weighted by Crippen LogP contribution is -2.51. The van der Waals surface area contributed by atoms with Crippen LogP contribution in [0.15, 0.2) is 42.5 Å². The number of rotatable bonds is 7. The molecule has 2 aromatic rings. The molecule has 2 aliphatic rings. The van der Waals surface area contributed by atoms with E-state index < -0.39 is 16.1 Å². The van der Waals surface area contributed by atoms with Gasteiger partial charge in [-0.25, -0.2) is 8.42 Å². The Kier molecular flexibility index (Phi) is 6.66. The SMILES string of the molecule is CC(Oc1ccc(N(C)S(C)(=O)=O)cc1)C(=O)N1CCN(Cc2ccc3c(c2)OCO3)CC1. The molecule has 0 aromatic heterocycles. The summed E-state index contributed by atoms with van der Waals surface area (Å²) in [4.78, 5) is 17.0. The van der Waals surface area contributed by atoms with Crippen LogP contribution in [0.4, 0.5) is 5.69 Å². The summed E-state index contributed by atoms with van der Waals surface area (Å²) in [7, 11) is -1.84. The van der Waals surface area contributed by atoms with E-state index in [4.69, 9.17) is 14.2 Å². The first-order valence-corrected chi connectivity index (χ1v) is 12.7. The van der Waals surface area contributed by atoms with Gasteiger partial charge in [0.25, 0.3) is 5.91 Å². The first kappa shape index (κ1) is 23.2. The van der Waals surface area contributed by atoms with Gasteiger partial charge in [0.05, 0.1) is 11.9 Å². The number of nitrogens with zero attached hydrogens (tertiary/aromatic N) is 3. The van der Waals surface area contributed by atoms with E-state index in [1.165, 1.54) is 11.4 Å². The Labute approximate surface area is 194 Å². The van der Waals surface area contributed by atoms with Gasteiger partial charge in [-0.15, -0.1) is 0 Å². The van der Waals surface area contributed by atoms with E-state index in [-0.39, 0.29) is 12.7 Å². The zero-order chi connectivity index (χ0) is 23.6. The number of ether oxygens (including phenoxy) is 3. The van der Waals surface area contributed by atoms with Gasteiger partial charge in [0.2, 0.25) is 16.8 Å². The van der Waals surface area contributed by atoms with Crippen LogP contribution >= 0.6 is 0 Å². The van der Waals surface area contributed by atoms with E-state index in [2.05, 4.69) is 4.90 Å².